The van der Waals surface area contributed by atoms with Gasteiger partial charge in [-0.3, -0.25) is 4.57 Å². The predicted octanol–water partition coefficient (Wildman–Crippen LogP) is 2.62. The quantitative estimate of drug-likeness (QED) is 0.916. The monoisotopic (exact) mass is 284 g/mol. The molecule has 0 amide bonds. The molecule has 3 rings (SSSR count). The van der Waals surface area contributed by atoms with Crippen molar-refractivity contribution in [2.24, 2.45) is 0 Å². The molecular formula is C17H24N4. The predicted molar refractivity (Wildman–Crippen MR) is 87.2 cm³/mol. The van der Waals surface area contributed by atoms with Crippen LogP contribution in [-0.2, 0) is 6.42 Å². The average molecular weight is 284 g/mol. The van der Waals surface area contributed by atoms with Gasteiger partial charge in [-0.25, -0.2) is 4.98 Å². The van der Waals surface area contributed by atoms with E-state index in [0.717, 1.165) is 31.2 Å². The van der Waals surface area contributed by atoms with Crippen molar-refractivity contribution >= 4 is 5.95 Å². The molecule has 1 aliphatic rings. The molecule has 2 heterocycles. The largest absolute Gasteiger partial charge is 0.338 e. The van der Waals surface area contributed by atoms with Gasteiger partial charge in [-0.1, -0.05) is 25.1 Å². The van der Waals surface area contributed by atoms with E-state index in [1.54, 1.807) is 0 Å². The number of aromatic nitrogens is 2. The van der Waals surface area contributed by atoms with Gasteiger partial charge in [0, 0.05) is 31.0 Å². The van der Waals surface area contributed by atoms with Gasteiger partial charge < -0.3 is 10.2 Å². The lowest BCUT2D eigenvalue weighted by Gasteiger charge is -2.26. The minimum Gasteiger partial charge on any atom is -0.338 e. The molecule has 0 spiro atoms. The lowest BCUT2D eigenvalue weighted by atomic mass is 10.2. The molecule has 2 aromatic rings. The Bertz CT molecular complexity index is 576. The second kappa shape index (κ2) is 6.31. The Morgan fingerprint density at radius 1 is 1.29 bits per heavy atom. The number of para-hydroxylation sites is 1. The van der Waals surface area contributed by atoms with E-state index in [0.29, 0.717) is 6.04 Å². The fourth-order valence-electron chi connectivity index (χ4n) is 3.12. The number of benzene rings is 1. The summed E-state index contributed by atoms with van der Waals surface area (Å²) in [6.07, 6.45) is 5.64. The maximum absolute atomic E-state index is 4.88. The third kappa shape index (κ3) is 2.81. The number of anilines is 1. The van der Waals surface area contributed by atoms with Gasteiger partial charge in [0.15, 0.2) is 0 Å². The van der Waals surface area contributed by atoms with Gasteiger partial charge in [0.05, 0.1) is 5.69 Å². The third-order valence-corrected chi connectivity index (χ3v) is 4.21. The number of hydrogen-bond acceptors (Lipinski definition) is 3. The second-order valence-corrected chi connectivity index (χ2v) is 5.64. The summed E-state index contributed by atoms with van der Waals surface area (Å²) < 4.78 is 2.24. The van der Waals surface area contributed by atoms with Gasteiger partial charge >= 0.3 is 0 Å². The average Bonchev–Trinajstić information content (AvgIpc) is 3.14. The molecule has 112 valence electrons. The Morgan fingerprint density at radius 3 is 2.81 bits per heavy atom. The molecule has 0 aliphatic carbocycles. The summed E-state index contributed by atoms with van der Waals surface area (Å²) >= 11 is 0. The first-order chi connectivity index (χ1) is 10.3. The van der Waals surface area contributed by atoms with Crippen LogP contribution in [0.25, 0.3) is 5.69 Å². The van der Waals surface area contributed by atoms with Crippen LogP contribution in [-0.4, -0.2) is 35.7 Å². The normalized spacial score (nSPS) is 18.4. The number of likely N-dealkylation sites (N-methyl/N-ethyl adjacent to an activating group) is 1. The SMILES string of the molecule is CCc1cn(-c2ccccc2)c(N2CCCC2CNC)n1. The summed E-state index contributed by atoms with van der Waals surface area (Å²) in [5.74, 6) is 1.09. The van der Waals surface area contributed by atoms with E-state index in [1.165, 1.54) is 18.5 Å². The first-order valence-corrected chi connectivity index (χ1v) is 7.88. The van der Waals surface area contributed by atoms with Crippen molar-refractivity contribution in [2.45, 2.75) is 32.2 Å². The van der Waals surface area contributed by atoms with Gasteiger partial charge in [-0.05, 0) is 38.4 Å². The highest BCUT2D eigenvalue weighted by atomic mass is 15.3. The highest BCUT2D eigenvalue weighted by Crippen LogP contribution is 2.27. The van der Waals surface area contributed by atoms with Crippen LogP contribution >= 0.6 is 0 Å². The van der Waals surface area contributed by atoms with Crippen molar-refractivity contribution in [2.75, 3.05) is 25.0 Å². The van der Waals surface area contributed by atoms with Crippen molar-refractivity contribution in [3.05, 3.63) is 42.2 Å². The van der Waals surface area contributed by atoms with Crippen molar-refractivity contribution in [1.82, 2.24) is 14.9 Å². The zero-order valence-electron chi connectivity index (χ0n) is 12.9. The van der Waals surface area contributed by atoms with E-state index in [4.69, 9.17) is 4.98 Å². The van der Waals surface area contributed by atoms with E-state index in [2.05, 4.69) is 58.2 Å². The van der Waals surface area contributed by atoms with Gasteiger partial charge in [0.2, 0.25) is 5.95 Å². The zero-order valence-corrected chi connectivity index (χ0v) is 12.9. The van der Waals surface area contributed by atoms with Gasteiger partial charge in [-0.2, -0.15) is 0 Å². The second-order valence-electron chi connectivity index (χ2n) is 5.64. The molecule has 1 aliphatic heterocycles. The van der Waals surface area contributed by atoms with Gasteiger partial charge in [0.25, 0.3) is 0 Å². The zero-order chi connectivity index (χ0) is 14.7. The fraction of sp³-hybridized carbons (Fsp3) is 0.471. The molecule has 4 heteroatoms. The molecule has 1 atom stereocenters. The van der Waals surface area contributed by atoms with Crippen LogP contribution in [0.15, 0.2) is 36.5 Å². The van der Waals surface area contributed by atoms with Crippen LogP contribution in [0.2, 0.25) is 0 Å². The molecule has 1 aromatic carbocycles. The maximum atomic E-state index is 4.88. The number of nitrogens with zero attached hydrogens (tertiary/aromatic N) is 3. The molecule has 1 aromatic heterocycles. The van der Waals surface area contributed by atoms with Gasteiger partial charge in [-0.15, -0.1) is 0 Å². The smallest absolute Gasteiger partial charge is 0.210 e. The van der Waals surface area contributed by atoms with E-state index >= 15 is 0 Å². The van der Waals surface area contributed by atoms with Crippen LogP contribution in [0.5, 0.6) is 0 Å². The molecule has 1 fully saturated rings. The lowest BCUT2D eigenvalue weighted by Crippen LogP contribution is -2.38. The number of nitrogens with one attached hydrogen (secondary N) is 1. The van der Waals surface area contributed by atoms with Crippen molar-refractivity contribution in [3.8, 4) is 5.69 Å². The van der Waals surface area contributed by atoms with Crippen LogP contribution in [0, 0.1) is 0 Å². The summed E-state index contributed by atoms with van der Waals surface area (Å²) in [6, 6.07) is 11.1. The topological polar surface area (TPSA) is 33.1 Å². The van der Waals surface area contributed by atoms with Crippen LogP contribution in [0.3, 0.4) is 0 Å². The molecular weight excluding hydrogens is 260 g/mol. The fourth-order valence-corrected chi connectivity index (χ4v) is 3.12. The van der Waals surface area contributed by atoms with Crippen LogP contribution in [0.1, 0.15) is 25.5 Å². The van der Waals surface area contributed by atoms with Crippen molar-refractivity contribution < 1.29 is 0 Å². The Balaban J connectivity index is 1.99. The highest BCUT2D eigenvalue weighted by Gasteiger charge is 2.28. The van der Waals surface area contributed by atoms with E-state index in [1.807, 2.05) is 7.05 Å². The summed E-state index contributed by atoms with van der Waals surface area (Å²) in [6.45, 7) is 4.28. The molecule has 0 radical (unpaired) electrons. The Kier molecular flexibility index (Phi) is 4.25. The Labute approximate surface area is 126 Å². The minimum absolute atomic E-state index is 0.546. The summed E-state index contributed by atoms with van der Waals surface area (Å²) in [4.78, 5) is 7.34. The number of hydrogen-bond donors (Lipinski definition) is 1. The Hall–Kier alpha value is -1.81. The molecule has 0 bridgehead atoms. The minimum atomic E-state index is 0.546. The number of aryl methyl sites for hydroxylation is 1. The number of imidazole rings is 1. The molecule has 4 nitrogen and oxygen atoms in total. The van der Waals surface area contributed by atoms with E-state index in [-0.39, 0.29) is 0 Å². The van der Waals surface area contributed by atoms with E-state index in [9.17, 15) is 0 Å². The molecule has 1 saturated heterocycles. The first kappa shape index (κ1) is 14.1. The molecule has 21 heavy (non-hydrogen) atoms. The first-order valence-electron chi connectivity index (χ1n) is 7.88. The van der Waals surface area contributed by atoms with Crippen molar-refractivity contribution in [1.29, 1.82) is 0 Å². The third-order valence-electron chi connectivity index (χ3n) is 4.21. The molecule has 1 N–H and O–H groups in total. The molecule has 1 unspecified atom stereocenters. The highest BCUT2D eigenvalue weighted by molar-refractivity contribution is 5.46. The Morgan fingerprint density at radius 2 is 2.10 bits per heavy atom. The van der Waals surface area contributed by atoms with Crippen molar-refractivity contribution in [3.63, 3.8) is 0 Å². The lowest BCUT2D eigenvalue weighted by molar-refractivity contribution is 0.605. The summed E-state index contributed by atoms with van der Waals surface area (Å²) in [5.41, 5.74) is 2.35. The number of rotatable bonds is 5. The maximum Gasteiger partial charge on any atom is 0.210 e. The van der Waals surface area contributed by atoms with Gasteiger partial charge in [0.1, 0.15) is 0 Å². The summed E-state index contributed by atoms with van der Waals surface area (Å²) in [7, 11) is 2.03. The van der Waals surface area contributed by atoms with E-state index < -0.39 is 0 Å². The van der Waals surface area contributed by atoms with Crippen LogP contribution < -0.4 is 10.2 Å². The summed E-state index contributed by atoms with van der Waals surface area (Å²) in [5, 5.41) is 3.31. The molecule has 0 saturated carbocycles. The van der Waals surface area contributed by atoms with Crippen LogP contribution in [0.4, 0.5) is 5.95 Å². The standard InChI is InChI=1S/C17H24N4/c1-3-14-13-21(15-8-5-4-6-9-15)17(19-14)20-11-7-10-16(20)12-18-2/h4-6,8-9,13,16,18H,3,7,10-12H2,1-2H3.